The fourth-order valence-electron chi connectivity index (χ4n) is 2.67. The number of pyridine rings is 1. The number of benzene rings is 2. The van der Waals surface area contributed by atoms with Crippen LogP contribution in [-0.4, -0.2) is 9.97 Å². The molecule has 4 aromatic rings. The Bertz CT molecular complexity index is 914. The van der Waals surface area contributed by atoms with Crippen LogP contribution in [0.1, 0.15) is 5.56 Å². The molecule has 3 heteroatoms. The third kappa shape index (κ3) is 2.81. The quantitative estimate of drug-likeness (QED) is 0.587. The number of aromatic nitrogens is 2. The molecule has 0 radical (unpaired) electrons. The van der Waals surface area contributed by atoms with Gasteiger partial charge in [-0.05, 0) is 11.1 Å². The first-order valence-corrected chi connectivity index (χ1v) is 7.59. The van der Waals surface area contributed by atoms with Crippen LogP contribution in [0.3, 0.4) is 0 Å². The van der Waals surface area contributed by atoms with Gasteiger partial charge in [-0.25, -0.2) is 4.98 Å². The van der Waals surface area contributed by atoms with Crippen molar-refractivity contribution < 1.29 is 4.74 Å². The zero-order valence-electron chi connectivity index (χ0n) is 12.6. The van der Waals surface area contributed by atoms with Gasteiger partial charge < -0.3 is 9.72 Å². The van der Waals surface area contributed by atoms with Crippen molar-refractivity contribution in [1.82, 2.24) is 9.97 Å². The third-order valence-corrected chi connectivity index (χ3v) is 3.86. The molecule has 1 N–H and O–H groups in total. The molecule has 0 saturated carbocycles. The van der Waals surface area contributed by atoms with Crippen molar-refractivity contribution in [2.75, 3.05) is 0 Å². The topological polar surface area (TPSA) is 37.9 Å². The molecule has 2 aromatic carbocycles. The Morgan fingerprint density at radius 1 is 0.913 bits per heavy atom. The van der Waals surface area contributed by atoms with E-state index in [1.807, 2.05) is 67.0 Å². The average Bonchev–Trinajstić information content (AvgIpc) is 3.05. The third-order valence-electron chi connectivity index (χ3n) is 3.86. The lowest BCUT2D eigenvalue weighted by Gasteiger charge is -2.06. The lowest BCUT2D eigenvalue weighted by atomic mass is 10.1. The van der Waals surface area contributed by atoms with E-state index in [0.29, 0.717) is 12.5 Å². The minimum atomic E-state index is 0.518. The van der Waals surface area contributed by atoms with E-state index >= 15 is 0 Å². The second-order valence-corrected chi connectivity index (χ2v) is 5.41. The summed E-state index contributed by atoms with van der Waals surface area (Å²) in [6.07, 6.45) is 3.84. The summed E-state index contributed by atoms with van der Waals surface area (Å²) in [7, 11) is 0. The molecular weight excluding hydrogens is 284 g/mol. The molecule has 3 nitrogen and oxygen atoms in total. The minimum Gasteiger partial charge on any atom is -0.473 e. The van der Waals surface area contributed by atoms with Crippen LogP contribution in [0, 0.1) is 0 Å². The molecule has 0 aliphatic rings. The molecule has 0 fully saturated rings. The lowest BCUT2D eigenvalue weighted by molar-refractivity contribution is 0.294. The van der Waals surface area contributed by atoms with Gasteiger partial charge in [0.2, 0.25) is 5.88 Å². The molecule has 0 atom stereocenters. The highest BCUT2D eigenvalue weighted by Crippen LogP contribution is 2.30. The molecule has 2 heterocycles. The average molecular weight is 300 g/mol. The number of aromatic amines is 1. The molecular formula is C20H16N2O. The fraction of sp³-hybridized carbons (Fsp3) is 0.0500. The molecule has 23 heavy (non-hydrogen) atoms. The zero-order valence-corrected chi connectivity index (χ0v) is 12.6. The standard InChI is InChI=1S/C20H16N2O/c1-3-7-15(8-4-1)14-23-20-11-17-18(12-21-19(17)13-22-20)16-9-5-2-6-10-16/h1-13,21H,14H2. The van der Waals surface area contributed by atoms with Crippen molar-refractivity contribution in [1.29, 1.82) is 0 Å². The molecule has 0 spiro atoms. The largest absolute Gasteiger partial charge is 0.473 e. The Hall–Kier alpha value is -3.07. The molecule has 0 unspecified atom stereocenters. The number of hydrogen-bond donors (Lipinski definition) is 1. The predicted octanol–water partition coefficient (Wildman–Crippen LogP) is 4.81. The van der Waals surface area contributed by atoms with Crippen molar-refractivity contribution in [3.05, 3.63) is 84.7 Å². The molecule has 0 aliphatic heterocycles. The number of H-pyrrole nitrogens is 1. The number of hydrogen-bond acceptors (Lipinski definition) is 2. The van der Waals surface area contributed by atoms with E-state index in [4.69, 9.17) is 4.74 Å². The van der Waals surface area contributed by atoms with Crippen LogP contribution in [0.25, 0.3) is 22.0 Å². The fourth-order valence-corrected chi connectivity index (χ4v) is 2.67. The summed E-state index contributed by atoms with van der Waals surface area (Å²) in [4.78, 5) is 7.65. The predicted molar refractivity (Wildman–Crippen MR) is 92.3 cm³/mol. The van der Waals surface area contributed by atoms with Gasteiger partial charge in [0.15, 0.2) is 0 Å². The van der Waals surface area contributed by atoms with Crippen LogP contribution in [0.2, 0.25) is 0 Å². The van der Waals surface area contributed by atoms with E-state index < -0.39 is 0 Å². The summed E-state index contributed by atoms with van der Waals surface area (Å²) in [6, 6.07) is 22.4. The van der Waals surface area contributed by atoms with E-state index in [-0.39, 0.29) is 0 Å². The van der Waals surface area contributed by atoms with Crippen LogP contribution in [0.4, 0.5) is 0 Å². The summed E-state index contributed by atoms with van der Waals surface area (Å²) in [5.41, 5.74) is 4.48. The van der Waals surface area contributed by atoms with Gasteiger partial charge in [0, 0.05) is 23.2 Å². The van der Waals surface area contributed by atoms with Crippen LogP contribution < -0.4 is 4.74 Å². The molecule has 0 bridgehead atoms. The number of ether oxygens (including phenoxy) is 1. The Morgan fingerprint density at radius 3 is 2.43 bits per heavy atom. The van der Waals surface area contributed by atoms with E-state index in [1.54, 1.807) is 0 Å². The maximum atomic E-state index is 5.84. The highest BCUT2D eigenvalue weighted by atomic mass is 16.5. The second kappa shape index (κ2) is 5.97. The Balaban J connectivity index is 1.65. The van der Waals surface area contributed by atoms with E-state index in [2.05, 4.69) is 22.1 Å². The smallest absolute Gasteiger partial charge is 0.214 e. The summed E-state index contributed by atoms with van der Waals surface area (Å²) < 4.78 is 5.84. The van der Waals surface area contributed by atoms with Gasteiger partial charge in [0.05, 0.1) is 11.7 Å². The number of nitrogens with zero attached hydrogens (tertiary/aromatic N) is 1. The molecule has 0 aliphatic carbocycles. The Labute approximate surface area is 134 Å². The van der Waals surface area contributed by atoms with Gasteiger partial charge in [-0.2, -0.15) is 0 Å². The van der Waals surface area contributed by atoms with Gasteiger partial charge in [0.1, 0.15) is 6.61 Å². The monoisotopic (exact) mass is 300 g/mol. The molecule has 0 amide bonds. The zero-order chi connectivity index (χ0) is 15.5. The second-order valence-electron chi connectivity index (χ2n) is 5.41. The van der Waals surface area contributed by atoms with Gasteiger partial charge in [-0.3, -0.25) is 0 Å². The molecule has 4 rings (SSSR count). The van der Waals surface area contributed by atoms with Crippen molar-refractivity contribution in [3.8, 4) is 17.0 Å². The van der Waals surface area contributed by atoms with Crippen LogP contribution in [0.5, 0.6) is 5.88 Å². The summed E-state index contributed by atoms with van der Waals surface area (Å²) >= 11 is 0. The molecule has 112 valence electrons. The number of fused-ring (bicyclic) bond motifs is 1. The first kappa shape index (κ1) is 13.6. The van der Waals surface area contributed by atoms with Gasteiger partial charge >= 0.3 is 0 Å². The number of rotatable bonds is 4. The normalized spacial score (nSPS) is 10.8. The van der Waals surface area contributed by atoms with Crippen molar-refractivity contribution in [2.24, 2.45) is 0 Å². The summed E-state index contributed by atoms with van der Waals surface area (Å²) in [5, 5.41) is 1.12. The lowest BCUT2D eigenvalue weighted by Crippen LogP contribution is -1.96. The maximum Gasteiger partial charge on any atom is 0.214 e. The summed E-state index contributed by atoms with van der Waals surface area (Å²) in [6.45, 7) is 0.518. The van der Waals surface area contributed by atoms with E-state index in [1.165, 1.54) is 5.56 Å². The highest BCUT2D eigenvalue weighted by molar-refractivity contribution is 5.95. The first-order valence-electron chi connectivity index (χ1n) is 7.59. The van der Waals surface area contributed by atoms with Crippen LogP contribution in [0.15, 0.2) is 79.1 Å². The maximum absolute atomic E-state index is 5.84. The van der Waals surface area contributed by atoms with Crippen LogP contribution >= 0.6 is 0 Å². The Kier molecular flexibility index (Phi) is 3.53. The number of nitrogens with one attached hydrogen (secondary N) is 1. The van der Waals surface area contributed by atoms with Crippen molar-refractivity contribution >= 4 is 10.9 Å². The van der Waals surface area contributed by atoms with Gasteiger partial charge in [-0.1, -0.05) is 60.7 Å². The van der Waals surface area contributed by atoms with Crippen molar-refractivity contribution in [3.63, 3.8) is 0 Å². The molecule has 0 saturated heterocycles. The van der Waals surface area contributed by atoms with E-state index in [9.17, 15) is 0 Å². The van der Waals surface area contributed by atoms with Crippen LogP contribution in [-0.2, 0) is 6.61 Å². The van der Waals surface area contributed by atoms with Crippen molar-refractivity contribution in [2.45, 2.75) is 6.61 Å². The Morgan fingerprint density at radius 2 is 1.65 bits per heavy atom. The van der Waals surface area contributed by atoms with Gasteiger partial charge in [0.25, 0.3) is 0 Å². The summed E-state index contributed by atoms with van der Waals surface area (Å²) in [5.74, 6) is 0.637. The van der Waals surface area contributed by atoms with Gasteiger partial charge in [-0.15, -0.1) is 0 Å². The highest BCUT2D eigenvalue weighted by Gasteiger charge is 2.08. The molecule has 2 aromatic heterocycles. The van der Waals surface area contributed by atoms with E-state index in [0.717, 1.165) is 22.0 Å². The SMILES string of the molecule is c1ccc(COc2cc3c(-c4ccccc4)c[nH]c3cn2)cc1. The minimum absolute atomic E-state index is 0.518. The first-order chi connectivity index (χ1) is 11.4.